The van der Waals surface area contributed by atoms with E-state index in [0.717, 1.165) is 16.9 Å². The molecule has 0 aliphatic carbocycles. The predicted molar refractivity (Wildman–Crippen MR) is 72.4 cm³/mol. The maximum atomic E-state index is 11.2. The van der Waals surface area contributed by atoms with E-state index in [-0.39, 0.29) is 5.78 Å². The zero-order valence-corrected chi connectivity index (χ0v) is 11.5. The van der Waals surface area contributed by atoms with E-state index in [2.05, 4.69) is 5.10 Å². The van der Waals surface area contributed by atoms with Crippen molar-refractivity contribution in [2.75, 3.05) is 0 Å². The predicted octanol–water partition coefficient (Wildman–Crippen LogP) is 3.27. The van der Waals surface area contributed by atoms with Gasteiger partial charge in [-0.15, -0.1) is 0 Å². The summed E-state index contributed by atoms with van der Waals surface area (Å²) in [7, 11) is 0. The van der Waals surface area contributed by atoms with Gasteiger partial charge in [0.1, 0.15) is 10.9 Å². The molecule has 2 rings (SSSR count). The van der Waals surface area contributed by atoms with E-state index in [1.807, 2.05) is 38.1 Å². The van der Waals surface area contributed by atoms with Gasteiger partial charge in [0.25, 0.3) is 0 Å². The first-order chi connectivity index (χ1) is 8.49. The minimum atomic E-state index is 0.0865. The molecule has 0 amide bonds. The van der Waals surface area contributed by atoms with Gasteiger partial charge >= 0.3 is 0 Å². The van der Waals surface area contributed by atoms with E-state index in [1.165, 1.54) is 5.56 Å². The number of ketones is 1. The molecule has 94 valence electrons. The first kappa shape index (κ1) is 12.8. The van der Waals surface area contributed by atoms with Crippen molar-refractivity contribution >= 4 is 17.4 Å². The van der Waals surface area contributed by atoms with Crippen molar-refractivity contribution in [1.29, 1.82) is 0 Å². The fourth-order valence-electron chi connectivity index (χ4n) is 1.84. The Labute approximate surface area is 111 Å². The molecule has 0 unspecified atom stereocenters. The van der Waals surface area contributed by atoms with Crippen molar-refractivity contribution in [3.63, 3.8) is 0 Å². The van der Waals surface area contributed by atoms with Crippen LogP contribution in [-0.4, -0.2) is 15.6 Å². The van der Waals surface area contributed by atoms with Crippen LogP contribution < -0.4 is 0 Å². The van der Waals surface area contributed by atoms with Crippen LogP contribution >= 0.6 is 11.6 Å². The summed E-state index contributed by atoms with van der Waals surface area (Å²) in [4.78, 5) is 11.2. The first-order valence-corrected chi connectivity index (χ1v) is 6.17. The average molecular weight is 263 g/mol. The minimum Gasteiger partial charge on any atom is -0.300 e. The quantitative estimate of drug-likeness (QED) is 0.851. The van der Waals surface area contributed by atoms with E-state index in [4.69, 9.17) is 11.6 Å². The Balaban J connectivity index is 2.46. The van der Waals surface area contributed by atoms with Crippen molar-refractivity contribution in [3.8, 4) is 5.69 Å². The molecule has 4 heteroatoms. The molecule has 1 aromatic carbocycles. The molecule has 2 aromatic rings. The molecule has 0 bridgehead atoms. The fourth-order valence-corrected chi connectivity index (χ4v) is 2.18. The number of benzene rings is 1. The van der Waals surface area contributed by atoms with Crippen LogP contribution in [0.2, 0.25) is 5.15 Å². The molecule has 1 heterocycles. The number of aromatic nitrogens is 2. The lowest BCUT2D eigenvalue weighted by atomic mass is 10.1. The largest absolute Gasteiger partial charge is 0.300 e. The number of hydrogen-bond donors (Lipinski definition) is 0. The van der Waals surface area contributed by atoms with Gasteiger partial charge in [0, 0.05) is 12.0 Å². The number of rotatable bonds is 3. The number of aryl methyl sites for hydroxylation is 2. The van der Waals surface area contributed by atoms with Crippen LogP contribution in [0, 0.1) is 13.8 Å². The van der Waals surface area contributed by atoms with E-state index in [1.54, 1.807) is 11.6 Å². The Hall–Kier alpha value is -1.61. The third kappa shape index (κ3) is 2.46. The maximum absolute atomic E-state index is 11.2. The smallest absolute Gasteiger partial charge is 0.136 e. The molecule has 0 fully saturated rings. The Morgan fingerprint density at radius 1 is 1.28 bits per heavy atom. The number of halogens is 1. The lowest BCUT2D eigenvalue weighted by molar-refractivity contribution is -0.116. The molecule has 3 nitrogen and oxygen atoms in total. The molecular weight excluding hydrogens is 248 g/mol. The van der Waals surface area contributed by atoms with Gasteiger partial charge in [0.05, 0.1) is 11.4 Å². The number of Topliss-reactive ketones (excluding diaryl/α,β-unsaturated/α-hetero) is 1. The van der Waals surface area contributed by atoms with E-state index < -0.39 is 0 Å². The van der Waals surface area contributed by atoms with Crippen LogP contribution in [0.3, 0.4) is 0 Å². The number of hydrogen-bond acceptors (Lipinski definition) is 2. The van der Waals surface area contributed by atoms with Gasteiger partial charge in [0.15, 0.2) is 0 Å². The van der Waals surface area contributed by atoms with Gasteiger partial charge < -0.3 is 0 Å². The second-order valence-electron chi connectivity index (χ2n) is 4.48. The van der Waals surface area contributed by atoms with Crippen LogP contribution in [0.25, 0.3) is 5.69 Å². The summed E-state index contributed by atoms with van der Waals surface area (Å²) in [6.45, 7) is 5.45. The zero-order valence-electron chi connectivity index (χ0n) is 10.7. The van der Waals surface area contributed by atoms with Crippen LogP contribution in [0.5, 0.6) is 0 Å². The van der Waals surface area contributed by atoms with Crippen molar-refractivity contribution in [1.82, 2.24) is 9.78 Å². The van der Waals surface area contributed by atoms with Gasteiger partial charge in [-0.25, -0.2) is 4.68 Å². The molecule has 18 heavy (non-hydrogen) atoms. The van der Waals surface area contributed by atoms with E-state index in [0.29, 0.717) is 11.6 Å². The maximum Gasteiger partial charge on any atom is 0.136 e. The molecule has 0 saturated carbocycles. The third-order valence-corrected chi connectivity index (χ3v) is 3.21. The van der Waals surface area contributed by atoms with Gasteiger partial charge in [0.2, 0.25) is 0 Å². The molecule has 0 atom stereocenters. The summed E-state index contributed by atoms with van der Waals surface area (Å²) in [6.07, 6.45) is 0.330. The molecule has 0 aliphatic rings. The summed E-state index contributed by atoms with van der Waals surface area (Å²) in [5.41, 5.74) is 3.70. The normalized spacial score (nSPS) is 10.7. The van der Waals surface area contributed by atoms with Crippen molar-refractivity contribution < 1.29 is 4.79 Å². The van der Waals surface area contributed by atoms with Crippen LogP contribution in [0.4, 0.5) is 0 Å². The lowest BCUT2D eigenvalue weighted by Gasteiger charge is -2.03. The zero-order chi connectivity index (χ0) is 13.3. The highest BCUT2D eigenvalue weighted by atomic mass is 35.5. The summed E-state index contributed by atoms with van der Waals surface area (Å²) < 4.78 is 1.68. The highest BCUT2D eigenvalue weighted by molar-refractivity contribution is 6.30. The summed E-state index contributed by atoms with van der Waals surface area (Å²) >= 11 is 6.30. The highest BCUT2D eigenvalue weighted by Crippen LogP contribution is 2.24. The molecule has 0 aliphatic heterocycles. The van der Waals surface area contributed by atoms with Gasteiger partial charge in [-0.3, -0.25) is 4.79 Å². The van der Waals surface area contributed by atoms with Crippen LogP contribution in [-0.2, 0) is 11.2 Å². The van der Waals surface area contributed by atoms with Crippen molar-refractivity contribution in [3.05, 3.63) is 46.2 Å². The second-order valence-corrected chi connectivity index (χ2v) is 4.84. The molecule has 0 spiro atoms. The molecule has 0 saturated heterocycles. The standard InChI is InChI=1S/C14H15ClN2O/c1-9-4-6-12(7-5-9)17-14(15)13(8-10(2)18)11(3)16-17/h4-7H,8H2,1-3H3. The Morgan fingerprint density at radius 3 is 2.44 bits per heavy atom. The van der Waals surface area contributed by atoms with Crippen molar-refractivity contribution in [2.45, 2.75) is 27.2 Å². The van der Waals surface area contributed by atoms with Gasteiger partial charge in [-0.1, -0.05) is 29.3 Å². The fraction of sp³-hybridized carbons (Fsp3) is 0.286. The molecule has 0 radical (unpaired) electrons. The lowest BCUT2D eigenvalue weighted by Crippen LogP contribution is -1.98. The molecular formula is C14H15ClN2O. The topological polar surface area (TPSA) is 34.9 Å². The number of carbonyl (C=O) groups excluding carboxylic acids is 1. The first-order valence-electron chi connectivity index (χ1n) is 5.79. The van der Waals surface area contributed by atoms with E-state index >= 15 is 0 Å². The van der Waals surface area contributed by atoms with Gasteiger partial charge in [-0.05, 0) is 32.9 Å². The summed E-state index contributed by atoms with van der Waals surface area (Å²) in [5, 5.41) is 4.92. The summed E-state index contributed by atoms with van der Waals surface area (Å²) in [5.74, 6) is 0.0865. The Morgan fingerprint density at radius 2 is 1.89 bits per heavy atom. The van der Waals surface area contributed by atoms with Crippen LogP contribution in [0.15, 0.2) is 24.3 Å². The Bertz CT molecular complexity index is 585. The number of carbonyl (C=O) groups is 1. The van der Waals surface area contributed by atoms with E-state index in [9.17, 15) is 4.79 Å². The SMILES string of the molecule is CC(=O)Cc1c(C)nn(-c2ccc(C)cc2)c1Cl. The number of nitrogens with zero attached hydrogens (tertiary/aromatic N) is 2. The van der Waals surface area contributed by atoms with Crippen molar-refractivity contribution in [2.24, 2.45) is 0 Å². The van der Waals surface area contributed by atoms with Gasteiger partial charge in [-0.2, -0.15) is 5.10 Å². The van der Waals surface area contributed by atoms with Crippen LogP contribution in [0.1, 0.15) is 23.7 Å². The Kier molecular flexibility index (Phi) is 3.53. The third-order valence-electron chi connectivity index (χ3n) is 2.83. The molecule has 1 aromatic heterocycles. The summed E-state index contributed by atoms with van der Waals surface area (Å²) in [6, 6.07) is 7.94. The highest BCUT2D eigenvalue weighted by Gasteiger charge is 2.15. The monoisotopic (exact) mass is 262 g/mol. The second kappa shape index (κ2) is 4.94. The minimum absolute atomic E-state index is 0.0865. The molecule has 0 N–H and O–H groups in total. The average Bonchev–Trinajstić information content (AvgIpc) is 2.58.